The standard InChI is InChI=1S/C21H17ClIN3O3/c1-28-19-11-15(12-25-26-21(27)16-6-8-24-9-7-16)10-18(23)20(19)29-13-14-2-4-17(22)5-3-14/h2-12H,13H2,1H3,(H,26,27)/b25-12-. The van der Waals surface area contributed by atoms with Crippen molar-refractivity contribution in [2.75, 3.05) is 7.11 Å². The zero-order chi connectivity index (χ0) is 20.6. The van der Waals surface area contributed by atoms with Gasteiger partial charge in [-0.1, -0.05) is 23.7 Å². The highest BCUT2D eigenvalue weighted by molar-refractivity contribution is 14.1. The van der Waals surface area contributed by atoms with Gasteiger partial charge in [0.15, 0.2) is 11.5 Å². The number of aromatic nitrogens is 1. The predicted octanol–water partition coefficient (Wildman–Crippen LogP) is 4.69. The van der Waals surface area contributed by atoms with Crippen molar-refractivity contribution < 1.29 is 14.3 Å². The predicted molar refractivity (Wildman–Crippen MR) is 121 cm³/mol. The number of nitrogens with zero attached hydrogens (tertiary/aromatic N) is 2. The first-order valence-electron chi connectivity index (χ1n) is 8.55. The van der Waals surface area contributed by atoms with Crippen LogP contribution in [0.25, 0.3) is 0 Å². The third-order valence-electron chi connectivity index (χ3n) is 3.87. The Bertz CT molecular complexity index is 1010. The van der Waals surface area contributed by atoms with Gasteiger partial charge in [0, 0.05) is 23.0 Å². The molecule has 0 aliphatic heterocycles. The first-order chi connectivity index (χ1) is 14.1. The lowest BCUT2D eigenvalue weighted by Gasteiger charge is -2.13. The number of nitrogens with one attached hydrogen (secondary N) is 1. The van der Waals surface area contributed by atoms with Crippen molar-refractivity contribution in [2.45, 2.75) is 6.61 Å². The lowest BCUT2D eigenvalue weighted by molar-refractivity contribution is 0.0955. The molecule has 0 aliphatic carbocycles. The lowest BCUT2D eigenvalue weighted by atomic mass is 10.2. The van der Waals surface area contributed by atoms with Gasteiger partial charge in [-0.05, 0) is 70.1 Å². The van der Waals surface area contributed by atoms with E-state index in [1.54, 1.807) is 43.9 Å². The molecule has 1 N–H and O–H groups in total. The molecule has 148 valence electrons. The molecule has 0 bridgehead atoms. The molecule has 1 aromatic heterocycles. The van der Waals surface area contributed by atoms with E-state index in [9.17, 15) is 4.79 Å². The highest BCUT2D eigenvalue weighted by Crippen LogP contribution is 2.34. The smallest absolute Gasteiger partial charge is 0.271 e. The van der Waals surface area contributed by atoms with Crippen molar-refractivity contribution in [2.24, 2.45) is 5.10 Å². The summed E-state index contributed by atoms with van der Waals surface area (Å²) >= 11 is 8.09. The number of halogens is 2. The van der Waals surface area contributed by atoms with E-state index in [1.165, 1.54) is 0 Å². The van der Waals surface area contributed by atoms with Gasteiger partial charge >= 0.3 is 0 Å². The maximum atomic E-state index is 12.0. The van der Waals surface area contributed by atoms with Gasteiger partial charge in [0.25, 0.3) is 5.91 Å². The van der Waals surface area contributed by atoms with Crippen molar-refractivity contribution >= 4 is 46.3 Å². The van der Waals surface area contributed by atoms with E-state index in [0.717, 1.165) is 14.7 Å². The summed E-state index contributed by atoms with van der Waals surface area (Å²) in [6.07, 6.45) is 4.65. The molecule has 0 spiro atoms. The Kier molecular flexibility index (Phi) is 7.42. The number of ether oxygens (including phenoxy) is 2. The molecule has 0 fully saturated rings. The number of rotatable bonds is 7. The average molecular weight is 522 g/mol. The van der Waals surface area contributed by atoms with E-state index in [0.29, 0.717) is 28.7 Å². The Hall–Kier alpha value is -2.65. The summed E-state index contributed by atoms with van der Waals surface area (Å²) in [5.41, 5.74) is 4.73. The summed E-state index contributed by atoms with van der Waals surface area (Å²) in [6, 6.07) is 14.4. The van der Waals surface area contributed by atoms with Crippen LogP contribution in [0, 0.1) is 3.57 Å². The number of hydrogen-bond donors (Lipinski definition) is 1. The summed E-state index contributed by atoms with van der Waals surface area (Å²) in [6.45, 7) is 0.388. The number of carbonyl (C=O) groups is 1. The van der Waals surface area contributed by atoms with Crippen molar-refractivity contribution in [1.29, 1.82) is 0 Å². The second-order valence-electron chi connectivity index (χ2n) is 5.88. The highest BCUT2D eigenvalue weighted by Gasteiger charge is 2.12. The van der Waals surface area contributed by atoms with Gasteiger partial charge < -0.3 is 9.47 Å². The van der Waals surface area contributed by atoms with Crippen LogP contribution in [0.15, 0.2) is 66.0 Å². The first-order valence-corrected chi connectivity index (χ1v) is 10.0. The molecule has 29 heavy (non-hydrogen) atoms. The Balaban J connectivity index is 1.68. The van der Waals surface area contributed by atoms with Crippen LogP contribution in [0.2, 0.25) is 5.02 Å². The molecule has 3 aromatic rings. The Labute approximate surface area is 187 Å². The normalized spacial score (nSPS) is 10.7. The molecule has 0 unspecified atom stereocenters. The van der Waals surface area contributed by atoms with Crippen LogP contribution in [-0.2, 0) is 6.61 Å². The number of amides is 1. The number of carbonyl (C=O) groups excluding carboxylic acids is 1. The molecule has 0 atom stereocenters. The van der Waals surface area contributed by atoms with E-state index in [4.69, 9.17) is 21.1 Å². The zero-order valence-corrected chi connectivity index (χ0v) is 18.3. The summed E-state index contributed by atoms with van der Waals surface area (Å²) < 4.78 is 12.3. The maximum absolute atomic E-state index is 12.0. The van der Waals surface area contributed by atoms with Crippen molar-refractivity contribution in [3.05, 3.63) is 86.2 Å². The summed E-state index contributed by atoms with van der Waals surface area (Å²) in [7, 11) is 1.58. The van der Waals surface area contributed by atoms with Crippen LogP contribution in [0.1, 0.15) is 21.5 Å². The van der Waals surface area contributed by atoms with Gasteiger partial charge in [-0.15, -0.1) is 0 Å². The number of benzene rings is 2. The third kappa shape index (κ3) is 5.91. The first kappa shape index (κ1) is 21.1. The second kappa shape index (κ2) is 10.2. The van der Waals surface area contributed by atoms with Crippen LogP contribution in [0.3, 0.4) is 0 Å². The van der Waals surface area contributed by atoms with E-state index in [-0.39, 0.29) is 5.91 Å². The monoisotopic (exact) mass is 521 g/mol. The van der Waals surface area contributed by atoms with Gasteiger partial charge in [-0.25, -0.2) is 5.43 Å². The van der Waals surface area contributed by atoms with Crippen LogP contribution >= 0.6 is 34.2 Å². The molecule has 3 rings (SSSR count). The third-order valence-corrected chi connectivity index (χ3v) is 4.92. The Morgan fingerprint density at radius 1 is 1.21 bits per heavy atom. The fourth-order valence-electron chi connectivity index (χ4n) is 2.42. The molecule has 6 nitrogen and oxygen atoms in total. The van der Waals surface area contributed by atoms with Crippen molar-refractivity contribution in [3.8, 4) is 11.5 Å². The van der Waals surface area contributed by atoms with E-state index in [1.807, 2.05) is 30.3 Å². The number of methoxy groups -OCH3 is 1. The molecule has 1 amide bonds. The number of hydrogen-bond acceptors (Lipinski definition) is 5. The quantitative estimate of drug-likeness (QED) is 0.278. The Morgan fingerprint density at radius 2 is 1.93 bits per heavy atom. The van der Waals surface area contributed by atoms with Gasteiger partial charge in [0.05, 0.1) is 16.9 Å². The largest absolute Gasteiger partial charge is 0.493 e. The lowest BCUT2D eigenvalue weighted by Crippen LogP contribution is -2.17. The van der Waals surface area contributed by atoms with Crippen molar-refractivity contribution in [3.63, 3.8) is 0 Å². The minimum atomic E-state index is -0.312. The van der Waals surface area contributed by atoms with Gasteiger partial charge in [0.2, 0.25) is 0 Å². The minimum absolute atomic E-state index is 0.312. The Morgan fingerprint density at radius 3 is 2.62 bits per heavy atom. The molecule has 0 saturated carbocycles. The molecule has 1 heterocycles. The average Bonchev–Trinajstić information content (AvgIpc) is 2.74. The van der Waals surface area contributed by atoms with Crippen LogP contribution < -0.4 is 14.9 Å². The topological polar surface area (TPSA) is 72.8 Å². The molecule has 0 radical (unpaired) electrons. The summed E-state index contributed by atoms with van der Waals surface area (Å²) in [4.78, 5) is 15.9. The minimum Gasteiger partial charge on any atom is -0.493 e. The number of pyridine rings is 1. The van der Waals surface area contributed by atoms with Crippen LogP contribution in [0.5, 0.6) is 11.5 Å². The molecule has 0 aliphatic rings. The van der Waals surface area contributed by atoms with E-state index < -0.39 is 0 Å². The summed E-state index contributed by atoms with van der Waals surface area (Å²) in [5.74, 6) is 0.905. The molecule has 0 saturated heterocycles. The fourth-order valence-corrected chi connectivity index (χ4v) is 3.33. The summed E-state index contributed by atoms with van der Waals surface area (Å²) in [5, 5.41) is 4.69. The maximum Gasteiger partial charge on any atom is 0.271 e. The van der Waals surface area contributed by atoms with E-state index in [2.05, 4.69) is 38.1 Å². The molecule has 2 aromatic carbocycles. The van der Waals surface area contributed by atoms with Crippen molar-refractivity contribution in [1.82, 2.24) is 10.4 Å². The molecular weight excluding hydrogens is 505 g/mol. The fraction of sp³-hybridized carbons (Fsp3) is 0.0952. The molecular formula is C21H17ClIN3O3. The van der Waals surface area contributed by atoms with Gasteiger partial charge in [0.1, 0.15) is 6.61 Å². The van der Waals surface area contributed by atoms with Crippen LogP contribution in [-0.4, -0.2) is 24.2 Å². The highest BCUT2D eigenvalue weighted by atomic mass is 127. The SMILES string of the molecule is COc1cc(/C=N\NC(=O)c2ccncc2)cc(I)c1OCc1ccc(Cl)cc1. The number of hydrazone groups is 1. The van der Waals surface area contributed by atoms with E-state index >= 15 is 0 Å². The molecule has 8 heteroatoms. The van der Waals surface area contributed by atoms with Gasteiger partial charge in [-0.3, -0.25) is 9.78 Å². The zero-order valence-electron chi connectivity index (χ0n) is 15.4. The van der Waals surface area contributed by atoms with Gasteiger partial charge in [-0.2, -0.15) is 5.10 Å². The second-order valence-corrected chi connectivity index (χ2v) is 7.48. The van der Waals surface area contributed by atoms with Crippen LogP contribution in [0.4, 0.5) is 0 Å².